The fourth-order valence-corrected chi connectivity index (χ4v) is 4.21. The number of halogens is 2. The largest absolute Gasteiger partial charge is 0.390 e. The number of anilines is 2. The van der Waals surface area contributed by atoms with Crippen molar-refractivity contribution in [3.8, 4) is 23.5 Å². The normalized spacial score (nSPS) is 14.0. The Morgan fingerprint density at radius 1 is 1.12 bits per heavy atom. The number of nitrogens with zero attached hydrogens (tertiary/aromatic N) is 1. The van der Waals surface area contributed by atoms with E-state index in [9.17, 15) is 8.78 Å². The number of hydrogen-bond donors (Lipinski definition) is 2. The number of aliphatic hydroxyl groups is 1. The van der Waals surface area contributed by atoms with E-state index in [-0.39, 0.29) is 0 Å². The van der Waals surface area contributed by atoms with Gasteiger partial charge in [-0.05, 0) is 71.5 Å². The van der Waals surface area contributed by atoms with E-state index in [1.54, 1.807) is 4.90 Å². The number of benzene rings is 3. The molecule has 0 unspecified atom stereocenters. The molecular weight excluding hydrogens is 406 g/mol. The van der Waals surface area contributed by atoms with E-state index < -0.39 is 19.1 Å². The van der Waals surface area contributed by atoms with Crippen molar-refractivity contribution < 1.29 is 13.9 Å². The molecule has 3 aromatic rings. The van der Waals surface area contributed by atoms with Gasteiger partial charge in [0.05, 0.1) is 6.54 Å². The van der Waals surface area contributed by atoms with Crippen molar-refractivity contribution >= 4 is 11.4 Å². The van der Waals surface area contributed by atoms with Crippen LogP contribution in [0.2, 0.25) is 0 Å². The molecule has 0 atom stereocenters. The molecule has 3 nitrogen and oxygen atoms in total. The number of aryl methyl sites for hydroxylation is 1. The molecule has 32 heavy (non-hydrogen) atoms. The molecule has 0 aromatic heterocycles. The van der Waals surface area contributed by atoms with Crippen LogP contribution in [0.5, 0.6) is 0 Å². The monoisotopic (exact) mass is 432 g/mol. The van der Waals surface area contributed by atoms with Crippen molar-refractivity contribution in [2.24, 2.45) is 0 Å². The molecule has 1 heterocycles. The maximum Gasteiger partial charge on any atom is 0.283 e. The first-order chi connectivity index (χ1) is 15.4. The Balaban J connectivity index is 1.56. The van der Waals surface area contributed by atoms with Crippen LogP contribution in [0.15, 0.2) is 60.7 Å². The third-order valence-corrected chi connectivity index (χ3v) is 5.91. The molecule has 0 aliphatic carbocycles. The number of fused-ring (bicyclic) bond motifs is 1. The molecule has 0 bridgehead atoms. The smallest absolute Gasteiger partial charge is 0.283 e. The molecule has 0 fully saturated rings. The highest BCUT2D eigenvalue weighted by atomic mass is 19.3. The Morgan fingerprint density at radius 3 is 2.62 bits per heavy atom. The molecule has 0 saturated carbocycles. The van der Waals surface area contributed by atoms with E-state index in [0.717, 1.165) is 39.2 Å². The second-order valence-corrected chi connectivity index (χ2v) is 8.29. The summed E-state index contributed by atoms with van der Waals surface area (Å²) in [5.41, 5.74) is 8.38. The lowest BCUT2D eigenvalue weighted by Crippen LogP contribution is -2.41. The summed E-state index contributed by atoms with van der Waals surface area (Å²) in [6.07, 6.45) is 6.14. The zero-order chi connectivity index (χ0) is 22.7. The van der Waals surface area contributed by atoms with Crippen LogP contribution in [0.25, 0.3) is 11.1 Å². The van der Waals surface area contributed by atoms with Gasteiger partial charge in [0, 0.05) is 30.0 Å². The number of terminal acetylenes is 1. The minimum atomic E-state index is -3.08. The first-order valence-corrected chi connectivity index (χ1v) is 10.6. The summed E-state index contributed by atoms with van der Waals surface area (Å²) in [5.74, 6) is -0.437. The highest BCUT2D eigenvalue weighted by Gasteiger charge is 2.32. The maximum atomic E-state index is 13.6. The van der Waals surface area contributed by atoms with Crippen LogP contribution in [-0.2, 0) is 13.0 Å². The molecule has 3 aromatic carbocycles. The van der Waals surface area contributed by atoms with Crippen LogP contribution in [0.1, 0.15) is 22.3 Å². The van der Waals surface area contributed by atoms with E-state index in [2.05, 4.69) is 30.3 Å². The summed E-state index contributed by atoms with van der Waals surface area (Å²) < 4.78 is 27.2. The number of alkyl halides is 2. The topological polar surface area (TPSA) is 35.5 Å². The minimum Gasteiger partial charge on any atom is -0.390 e. The first kappa shape index (κ1) is 22.0. The standard InChI is InChI=1S/C27H26F2N2O/c1-3-20-8-10-21(11-9-20)25-15-23(12-7-19(25)2)30-26-6-4-5-22-16-31(14-13-24(22)26)17-27(28,29)18-32/h1,4-12,15,30,32H,13-14,16-18H2,2H3. The molecule has 0 spiro atoms. The van der Waals surface area contributed by atoms with Gasteiger partial charge in [-0.3, -0.25) is 4.90 Å². The van der Waals surface area contributed by atoms with Crippen molar-refractivity contribution in [3.63, 3.8) is 0 Å². The van der Waals surface area contributed by atoms with Gasteiger partial charge in [0.15, 0.2) is 0 Å². The third-order valence-electron chi connectivity index (χ3n) is 5.91. The first-order valence-electron chi connectivity index (χ1n) is 10.6. The lowest BCUT2D eigenvalue weighted by atomic mass is 9.96. The van der Waals surface area contributed by atoms with Crippen LogP contribution in [0.3, 0.4) is 0 Å². The Hall–Kier alpha value is -3.20. The average molecular weight is 433 g/mol. The summed E-state index contributed by atoms with van der Waals surface area (Å²) in [6, 6.07) is 20.1. The van der Waals surface area contributed by atoms with Crippen LogP contribution in [0, 0.1) is 19.3 Å². The molecule has 4 rings (SSSR count). The third kappa shape index (κ3) is 4.83. The molecular formula is C27H26F2N2O. The average Bonchev–Trinajstić information content (AvgIpc) is 2.80. The van der Waals surface area contributed by atoms with Crippen LogP contribution in [-0.4, -0.2) is 35.6 Å². The summed E-state index contributed by atoms with van der Waals surface area (Å²) in [7, 11) is 0. The summed E-state index contributed by atoms with van der Waals surface area (Å²) >= 11 is 0. The van der Waals surface area contributed by atoms with E-state index >= 15 is 0 Å². The van der Waals surface area contributed by atoms with Gasteiger partial charge in [0.1, 0.15) is 6.61 Å². The summed E-state index contributed by atoms with van der Waals surface area (Å²) in [6.45, 7) is 1.50. The Morgan fingerprint density at radius 2 is 1.91 bits per heavy atom. The molecule has 1 aliphatic heterocycles. The van der Waals surface area contributed by atoms with Crippen molar-refractivity contribution in [2.45, 2.75) is 25.8 Å². The molecule has 2 N–H and O–H groups in total. The lowest BCUT2D eigenvalue weighted by molar-refractivity contribution is -0.0749. The molecule has 0 saturated heterocycles. The molecule has 5 heteroatoms. The minimum absolute atomic E-state index is 0.430. The van der Waals surface area contributed by atoms with Gasteiger partial charge < -0.3 is 10.4 Å². The van der Waals surface area contributed by atoms with E-state index in [4.69, 9.17) is 11.5 Å². The number of hydrogen-bond acceptors (Lipinski definition) is 3. The molecule has 0 amide bonds. The summed E-state index contributed by atoms with van der Waals surface area (Å²) in [4.78, 5) is 1.70. The fourth-order valence-electron chi connectivity index (χ4n) is 4.21. The van der Waals surface area contributed by atoms with Crippen LogP contribution in [0.4, 0.5) is 20.2 Å². The zero-order valence-electron chi connectivity index (χ0n) is 18.0. The van der Waals surface area contributed by atoms with E-state index in [0.29, 0.717) is 19.5 Å². The number of aliphatic hydroxyl groups excluding tert-OH is 1. The van der Waals surface area contributed by atoms with Crippen LogP contribution >= 0.6 is 0 Å². The van der Waals surface area contributed by atoms with Crippen molar-refractivity contribution in [1.82, 2.24) is 4.90 Å². The SMILES string of the molecule is C#Cc1ccc(-c2cc(Nc3cccc4c3CCN(CC(F)(F)CO)C4)ccc2C)cc1. The predicted molar refractivity (Wildman–Crippen MR) is 125 cm³/mol. The van der Waals surface area contributed by atoms with Gasteiger partial charge in [-0.1, -0.05) is 36.3 Å². The fraction of sp³-hybridized carbons (Fsp3) is 0.259. The van der Waals surface area contributed by atoms with Gasteiger partial charge in [0.25, 0.3) is 5.92 Å². The molecule has 164 valence electrons. The number of nitrogens with one attached hydrogen (secondary N) is 1. The molecule has 1 aliphatic rings. The van der Waals surface area contributed by atoms with E-state index in [1.807, 2.05) is 48.5 Å². The zero-order valence-corrected chi connectivity index (χ0v) is 18.0. The predicted octanol–water partition coefficient (Wildman–Crippen LogP) is 5.37. The van der Waals surface area contributed by atoms with Crippen molar-refractivity contribution in [3.05, 3.63) is 82.9 Å². The Kier molecular flexibility index (Phi) is 6.27. The number of rotatable bonds is 6. The quantitative estimate of drug-likeness (QED) is 0.514. The maximum absolute atomic E-state index is 13.6. The van der Waals surface area contributed by atoms with Gasteiger partial charge in [-0.2, -0.15) is 0 Å². The Bertz CT molecular complexity index is 1150. The highest BCUT2D eigenvalue weighted by molar-refractivity contribution is 5.75. The van der Waals surface area contributed by atoms with Gasteiger partial charge in [-0.25, -0.2) is 8.78 Å². The van der Waals surface area contributed by atoms with Gasteiger partial charge in [0.2, 0.25) is 0 Å². The van der Waals surface area contributed by atoms with Gasteiger partial charge >= 0.3 is 0 Å². The molecule has 0 radical (unpaired) electrons. The Labute approximate surface area is 187 Å². The van der Waals surface area contributed by atoms with E-state index in [1.165, 1.54) is 5.56 Å². The van der Waals surface area contributed by atoms with Gasteiger partial charge in [-0.15, -0.1) is 6.42 Å². The van der Waals surface area contributed by atoms with Crippen molar-refractivity contribution in [2.75, 3.05) is 25.0 Å². The highest BCUT2D eigenvalue weighted by Crippen LogP contribution is 2.32. The van der Waals surface area contributed by atoms with Crippen molar-refractivity contribution in [1.29, 1.82) is 0 Å². The lowest BCUT2D eigenvalue weighted by Gasteiger charge is -2.32. The van der Waals surface area contributed by atoms with Crippen LogP contribution < -0.4 is 5.32 Å². The second-order valence-electron chi connectivity index (χ2n) is 8.29. The second kappa shape index (κ2) is 9.12. The summed E-state index contributed by atoms with van der Waals surface area (Å²) in [5, 5.41) is 12.4.